The number of amides is 1. The lowest BCUT2D eigenvalue weighted by Crippen LogP contribution is -2.12. The van der Waals surface area contributed by atoms with Gasteiger partial charge in [-0.05, 0) is 29.7 Å². The lowest BCUT2D eigenvalue weighted by Gasteiger charge is -2.11. The fourth-order valence-electron chi connectivity index (χ4n) is 2.56. The zero-order valence-corrected chi connectivity index (χ0v) is 14.3. The van der Waals surface area contributed by atoms with E-state index in [2.05, 4.69) is 5.32 Å². The second-order valence-corrected chi connectivity index (χ2v) is 7.00. The molecule has 0 atom stereocenters. The maximum atomic E-state index is 12.4. The van der Waals surface area contributed by atoms with Gasteiger partial charge in [-0.3, -0.25) is 19.5 Å². The van der Waals surface area contributed by atoms with Crippen LogP contribution < -0.4 is 5.32 Å². The fraction of sp³-hybridized carbons (Fsp3) is 0. The SMILES string of the molecule is O=C(Nc1cccc2cc(S(=O)(=O)O)cc(O)c12)c1ccc([N+](=O)[O-])cc1. The molecule has 0 aliphatic heterocycles. The fourth-order valence-corrected chi connectivity index (χ4v) is 3.10. The number of fused-ring (bicyclic) bond motifs is 1. The Morgan fingerprint density at radius 1 is 1.07 bits per heavy atom. The largest absolute Gasteiger partial charge is 0.507 e. The number of nitro groups is 1. The number of rotatable bonds is 4. The molecule has 0 saturated heterocycles. The van der Waals surface area contributed by atoms with Crippen molar-refractivity contribution in [1.29, 1.82) is 0 Å². The molecule has 1 amide bonds. The molecule has 0 bridgehead atoms. The zero-order valence-electron chi connectivity index (χ0n) is 13.5. The number of phenolic OH excluding ortho intramolecular Hbond substituents is 1. The minimum absolute atomic E-state index is 0.159. The van der Waals surface area contributed by atoms with Gasteiger partial charge in [0.05, 0.1) is 15.5 Å². The second-order valence-electron chi connectivity index (χ2n) is 5.58. The second kappa shape index (κ2) is 6.67. The van der Waals surface area contributed by atoms with Gasteiger partial charge in [-0.1, -0.05) is 12.1 Å². The number of anilines is 1. The van der Waals surface area contributed by atoms with E-state index in [1.165, 1.54) is 42.5 Å². The van der Waals surface area contributed by atoms with Crippen molar-refractivity contribution in [1.82, 2.24) is 0 Å². The minimum atomic E-state index is -4.51. The van der Waals surface area contributed by atoms with Crippen molar-refractivity contribution >= 4 is 38.2 Å². The number of benzene rings is 3. The van der Waals surface area contributed by atoms with Crippen molar-refractivity contribution in [3.8, 4) is 5.75 Å². The Labute approximate surface area is 152 Å². The van der Waals surface area contributed by atoms with E-state index in [9.17, 15) is 28.4 Å². The number of nitrogens with one attached hydrogen (secondary N) is 1. The van der Waals surface area contributed by atoms with Gasteiger partial charge in [0.15, 0.2) is 0 Å². The van der Waals surface area contributed by atoms with E-state index in [0.29, 0.717) is 0 Å². The Balaban J connectivity index is 1.99. The van der Waals surface area contributed by atoms with E-state index in [-0.39, 0.29) is 27.7 Å². The van der Waals surface area contributed by atoms with E-state index in [0.717, 1.165) is 12.1 Å². The van der Waals surface area contributed by atoms with Crippen molar-refractivity contribution < 1.29 is 27.8 Å². The predicted octanol–water partition coefficient (Wildman–Crippen LogP) is 2.95. The third-order valence-corrected chi connectivity index (χ3v) is 4.65. The Morgan fingerprint density at radius 3 is 2.33 bits per heavy atom. The highest BCUT2D eigenvalue weighted by molar-refractivity contribution is 7.85. The van der Waals surface area contributed by atoms with Crippen molar-refractivity contribution in [2.75, 3.05) is 5.32 Å². The van der Waals surface area contributed by atoms with Gasteiger partial charge in [-0.15, -0.1) is 0 Å². The number of nitrogens with zero attached hydrogens (tertiary/aromatic N) is 1. The molecule has 0 saturated carbocycles. The lowest BCUT2D eigenvalue weighted by atomic mass is 10.1. The molecular formula is C17H12N2O7S. The van der Waals surface area contributed by atoms with Gasteiger partial charge < -0.3 is 10.4 Å². The van der Waals surface area contributed by atoms with Crippen LogP contribution in [0.25, 0.3) is 10.8 Å². The van der Waals surface area contributed by atoms with E-state index >= 15 is 0 Å². The molecule has 3 aromatic rings. The first-order chi connectivity index (χ1) is 12.7. The number of hydrogen-bond acceptors (Lipinski definition) is 6. The molecule has 0 radical (unpaired) electrons. The molecule has 0 aliphatic carbocycles. The summed E-state index contributed by atoms with van der Waals surface area (Å²) in [5.74, 6) is -1.02. The average Bonchev–Trinajstić information content (AvgIpc) is 2.60. The van der Waals surface area contributed by atoms with E-state index in [1.807, 2.05) is 0 Å². The van der Waals surface area contributed by atoms with Crippen LogP contribution in [0, 0.1) is 10.1 Å². The maximum Gasteiger partial charge on any atom is 0.294 e. The Morgan fingerprint density at radius 2 is 1.74 bits per heavy atom. The van der Waals surface area contributed by atoms with Crippen LogP contribution in [0.5, 0.6) is 5.75 Å². The van der Waals surface area contributed by atoms with Crippen molar-refractivity contribution in [3.63, 3.8) is 0 Å². The third-order valence-electron chi connectivity index (χ3n) is 3.82. The molecule has 3 N–H and O–H groups in total. The first kappa shape index (κ1) is 18.3. The predicted molar refractivity (Wildman–Crippen MR) is 96.5 cm³/mol. The Hall–Kier alpha value is -3.50. The molecule has 0 spiro atoms. The van der Waals surface area contributed by atoms with Crippen LogP contribution in [-0.4, -0.2) is 28.9 Å². The first-order valence-electron chi connectivity index (χ1n) is 7.46. The van der Waals surface area contributed by atoms with Crippen LogP contribution in [0.4, 0.5) is 11.4 Å². The highest BCUT2D eigenvalue weighted by Gasteiger charge is 2.17. The van der Waals surface area contributed by atoms with E-state index in [1.54, 1.807) is 0 Å². The van der Waals surface area contributed by atoms with Gasteiger partial charge in [0.2, 0.25) is 0 Å². The summed E-state index contributed by atoms with van der Waals surface area (Å²) in [6, 6.07) is 11.5. The minimum Gasteiger partial charge on any atom is -0.507 e. The van der Waals surface area contributed by atoms with Gasteiger partial charge in [0, 0.05) is 29.1 Å². The van der Waals surface area contributed by atoms with Crippen molar-refractivity contribution in [2.45, 2.75) is 4.90 Å². The van der Waals surface area contributed by atoms with E-state index in [4.69, 9.17) is 4.55 Å². The van der Waals surface area contributed by atoms with Crippen LogP contribution in [0.15, 0.2) is 59.5 Å². The number of carbonyl (C=O) groups is 1. The molecule has 27 heavy (non-hydrogen) atoms. The number of phenols is 1. The quantitative estimate of drug-likeness (QED) is 0.354. The molecule has 3 rings (SSSR count). The van der Waals surface area contributed by atoms with Crippen LogP contribution in [0.2, 0.25) is 0 Å². The summed E-state index contributed by atoms with van der Waals surface area (Å²) < 4.78 is 31.7. The van der Waals surface area contributed by atoms with Crippen LogP contribution in [-0.2, 0) is 10.1 Å². The summed E-state index contributed by atoms with van der Waals surface area (Å²) in [4.78, 5) is 22.0. The third kappa shape index (κ3) is 3.71. The summed E-state index contributed by atoms with van der Waals surface area (Å²) in [5.41, 5.74) is 0.203. The van der Waals surface area contributed by atoms with Crippen LogP contribution in [0.1, 0.15) is 10.4 Å². The lowest BCUT2D eigenvalue weighted by molar-refractivity contribution is -0.384. The average molecular weight is 388 g/mol. The molecule has 0 aliphatic rings. The standard InChI is InChI=1S/C17H12N2O7S/c20-15-9-13(27(24,25)26)8-11-2-1-3-14(16(11)15)18-17(21)10-4-6-12(7-5-10)19(22)23/h1-9,20H,(H,18,21)(H,24,25,26). The maximum absolute atomic E-state index is 12.4. The molecule has 10 heteroatoms. The highest BCUT2D eigenvalue weighted by atomic mass is 32.2. The van der Waals surface area contributed by atoms with Gasteiger partial charge in [-0.25, -0.2) is 0 Å². The van der Waals surface area contributed by atoms with Crippen molar-refractivity contribution in [3.05, 3.63) is 70.3 Å². The molecule has 3 aromatic carbocycles. The number of non-ortho nitro benzene ring substituents is 1. The zero-order chi connectivity index (χ0) is 19.8. The number of nitro benzene ring substituents is 1. The molecule has 0 aromatic heterocycles. The molecule has 138 valence electrons. The number of aromatic hydroxyl groups is 1. The normalized spacial score (nSPS) is 11.3. The molecule has 0 fully saturated rings. The van der Waals surface area contributed by atoms with Gasteiger partial charge in [-0.2, -0.15) is 8.42 Å². The van der Waals surface area contributed by atoms with Gasteiger partial charge >= 0.3 is 0 Å². The van der Waals surface area contributed by atoms with Crippen LogP contribution in [0.3, 0.4) is 0 Å². The Kier molecular flexibility index (Phi) is 4.52. The molecular weight excluding hydrogens is 376 g/mol. The smallest absolute Gasteiger partial charge is 0.294 e. The summed E-state index contributed by atoms with van der Waals surface area (Å²) in [6.45, 7) is 0. The summed E-state index contributed by atoms with van der Waals surface area (Å²) in [7, 11) is -4.51. The van der Waals surface area contributed by atoms with Crippen molar-refractivity contribution in [2.24, 2.45) is 0 Å². The Bertz CT molecular complexity index is 1170. The molecule has 0 unspecified atom stereocenters. The summed E-state index contributed by atoms with van der Waals surface area (Å²) in [5, 5.41) is 23.9. The van der Waals surface area contributed by atoms with Gasteiger partial charge in [0.1, 0.15) is 5.75 Å². The highest BCUT2D eigenvalue weighted by Crippen LogP contribution is 2.34. The monoisotopic (exact) mass is 388 g/mol. The topological polar surface area (TPSA) is 147 Å². The molecule has 9 nitrogen and oxygen atoms in total. The van der Waals surface area contributed by atoms with Crippen LogP contribution >= 0.6 is 0 Å². The number of hydrogen-bond donors (Lipinski definition) is 3. The first-order valence-corrected chi connectivity index (χ1v) is 8.90. The number of carbonyl (C=O) groups excluding carboxylic acids is 1. The van der Waals surface area contributed by atoms with Gasteiger partial charge in [0.25, 0.3) is 21.7 Å². The summed E-state index contributed by atoms with van der Waals surface area (Å²) >= 11 is 0. The summed E-state index contributed by atoms with van der Waals surface area (Å²) in [6.07, 6.45) is 0. The molecule has 0 heterocycles. The van der Waals surface area contributed by atoms with E-state index < -0.39 is 31.6 Å².